The number of carbonyl (C=O) groups excluding carboxylic acids is 2. The predicted octanol–water partition coefficient (Wildman–Crippen LogP) is 1.90. The van der Waals surface area contributed by atoms with Crippen LogP contribution in [0.5, 0.6) is 0 Å². The molecule has 0 heterocycles. The van der Waals surface area contributed by atoms with Crippen molar-refractivity contribution in [3.05, 3.63) is 35.4 Å². The van der Waals surface area contributed by atoms with Crippen LogP contribution in [0.2, 0.25) is 0 Å². The second kappa shape index (κ2) is 8.95. The van der Waals surface area contributed by atoms with Crippen molar-refractivity contribution >= 4 is 17.8 Å². The van der Waals surface area contributed by atoms with E-state index in [1.807, 2.05) is 0 Å². The van der Waals surface area contributed by atoms with E-state index in [2.05, 4.69) is 10.6 Å². The molecule has 132 valence electrons. The third-order valence-corrected chi connectivity index (χ3v) is 3.32. The Balaban J connectivity index is 2.91. The lowest BCUT2D eigenvalue weighted by Crippen LogP contribution is -2.42. The molecular weight excluding hydrogens is 322 g/mol. The maximum atomic E-state index is 13.9. The van der Waals surface area contributed by atoms with Crippen LogP contribution in [0.1, 0.15) is 44.7 Å². The molecule has 1 aromatic carbocycles. The largest absolute Gasteiger partial charge is 0.480 e. The summed E-state index contributed by atoms with van der Waals surface area (Å²) in [5.74, 6) is -4.01. The Labute approximate surface area is 138 Å². The molecule has 0 saturated heterocycles. The first kappa shape index (κ1) is 19.5. The lowest BCUT2D eigenvalue weighted by molar-refractivity contribution is -0.142. The molecule has 2 atom stereocenters. The van der Waals surface area contributed by atoms with E-state index in [0.717, 1.165) is 12.1 Å². The summed E-state index contributed by atoms with van der Waals surface area (Å²) in [4.78, 5) is 34.4. The molecule has 0 bridgehead atoms. The average molecular weight is 342 g/mol. The summed E-state index contributed by atoms with van der Waals surface area (Å²) >= 11 is 0. The van der Waals surface area contributed by atoms with Gasteiger partial charge in [0.15, 0.2) is 0 Å². The normalized spacial score (nSPS) is 13.0. The van der Waals surface area contributed by atoms with Crippen molar-refractivity contribution in [1.82, 2.24) is 10.6 Å². The van der Waals surface area contributed by atoms with Gasteiger partial charge in [0.25, 0.3) is 0 Å². The van der Waals surface area contributed by atoms with E-state index in [1.54, 1.807) is 6.92 Å². The number of benzene rings is 1. The second-order valence-corrected chi connectivity index (χ2v) is 5.37. The zero-order chi connectivity index (χ0) is 18.3. The van der Waals surface area contributed by atoms with Crippen molar-refractivity contribution in [3.8, 4) is 0 Å². The molecule has 0 aliphatic rings. The number of carboxylic acid groups (broad SMARTS) is 1. The average Bonchev–Trinajstić information content (AvgIpc) is 2.45. The molecule has 0 saturated carbocycles. The van der Waals surface area contributed by atoms with E-state index in [9.17, 15) is 23.2 Å². The molecule has 0 radical (unpaired) electrons. The van der Waals surface area contributed by atoms with Crippen LogP contribution in [0.3, 0.4) is 0 Å². The van der Waals surface area contributed by atoms with Crippen LogP contribution in [-0.2, 0) is 14.4 Å². The van der Waals surface area contributed by atoms with Crippen LogP contribution in [0, 0.1) is 11.6 Å². The van der Waals surface area contributed by atoms with Gasteiger partial charge in [-0.1, -0.05) is 19.4 Å². The van der Waals surface area contributed by atoms with Gasteiger partial charge in [0.2, 0.25) is 11.8 Å². The zero-order valence-corrected chi connectivity index (χ0v) is 13.4. The maximum Gasteiger partial charge on any atom is 0.326 e. The van der Waals surface area contributed by atoms with Gasteiger partial charge < -0.3 is 15.7 Å². The Morgan fingerprint density at radius 3 is 2.38 bits per heavy atom. The highest BCUT2D eigenvalue weighted by atomic mass is 19.1. The molecule has 0 aromatic heterocycles. The first-order valence-electron chi connectivity index (χ1n) is 7.48. The molecule has 2 unspecified atom stereocenters. The first-order chi connectivity index (χ1) is 11.2. The number of carboxylic acids is 1. The molecule has 3 N–H and O–H groups in total. The van der Waals surface area contributed by atoms with E-state index in [4.69, 9.17) is 5.11 Å². The quantitative estimate of drug-likeness (QED) is 0.672. The number of aliphatic carboxylic acids is 1. The predicted molar refractivity (Wildman–Crippen MR) is 82.0 cm³/mol. The summed E-state index contributed by atoms with van der Waals surface area (Å²) in [6.07, 6.45) is 0.436. The van der Waals surface area contributed by atoms with Gasteiger partial charge in [-0.2, -0.15) is 0 Å². The fraction of sp³-hybridized carbons (Fsp3) is 0.438. The minimum atomic E-state index is -1.17. The van der Waals surface area contributed by atoms with Crippen LogP contribution in [0.15, 0.2) is 18.2 Å². The van der Waals surface area contributed by atoms with Crippen LogP contribution in [-0.4, -0.2) is 28.9 Å². The minimum absolute atomic E-state index is 0.0517. The van der Waals surface area contributed by atoms with Crippen molar-refractivity contribution in [2.75, 3.05) is 0 Å². The highest BCUT2D eigenvalue weighted by Crippen LogP contribution is 2.21. The van der Waals surface area contributed by atoms with Crippen LogP contribution in [0.4, 0.5) is 8.78 Å². The van der Waals surface area contributed by atoms with Crippen LogP contribution in [0.25, 0.3) is 0 Å². The number of hydrogen-bond donors (Lipinski definition) is 3. The van der Waals surface area contributed by atoms with E-state index in [-0.39, 0.29) is 18.4 Å². The van der Waals surface area contributed by atoms with Gasteiger partial charge in [0, 0.05) is 18.6 Å². The Hall–Kier alpha value is -2.51. The van der Waals surface area contributed by atoms with Gasteiger partial charge in [0.1, 0.15) is 17.7 Å². The van der Waals surface area contributed by atoms with Gasteiger partial charge in [-0.25, -0.2) is 13.6 Å². The van der Waals surface area contributed by atoms with Crippen molar-refractivity contribution in [1.29, 1.82) is 0 Å². The Morgan fingerprint density at radius 2 is 1.88 bits per heavy atom. The highest BCUT2D eigenvalue weighted by molar-refractivity contribution is 5.84. The summed E-state index contributed by atoms with van der Waals surface area (Å²) in [7, 11) is 0. The molecule has 0 aliphatic heterocycles. The molecule has 24 heavy (non-hydrogen) atoms. The highest BCUT2D eigenvalue weighted by Gasteiger charge is 2.24. The molecule has 1 aromatic rings. The van der Waals surface area contributed by atoms with Crippen LogP contribution < -0.4 is 10.6 Å². The van der Waals surface area contributed by atoms with Crippen molar-refractivity contribution < 1.29 is 28.3 Å². The lowest BCUT2D eigenvalue weighted by Gasteiger charge is -2.20. The first-order valence-corrected chi connectivity index (χ1v) is 7.48. The summed E-state index contributed by atoms with van der Waals surface area (Å²) in [6, 6.07) is 0.721. The van der Waals surface area contributed by atoms with Gasteiger partial charge in [-0.15, -0.1) is 0 Å². The van der Waals surface area contributed by atoms with E-state index >= 15 is 0 Å². The Morgan fingerprint density at radius 1 is 1.21 bits per heavy atom. The third-order valence-electron chi connectivity index (χ3n) is 3.32. The summed E-state index contributed by atoms with van der Waals surface area (Å²) in [6.45, 7) is 2.97. The van der Waals surface area contributed by atoms with Crippen molar-refractivity contribution in [2.45, 2.75) is 45.2 Å². The molecule has 0 spiro atoms. The molecule has 0 aliphatic carbocycles. The number of halogens is 2. The van der Waals surface area contributed by atoms with E-state index < -0.39 is 41.5 Å². The standard InChI is InChI=1S/C16H20F2N2O4/c1-3-4-13(16(23)24)20-15(22)8-14(19-9(2)21)11-6-5-10(17)7-12(11)18/h5-7,13-14H,3-4,8H2,1-2H3,(H,19,21)(H,20,22)(H,23,24). The van der Waals surface area contributed by atoms with E-state index in [0.29, 0.717) is 12.5 Å². The fourth-order valence-corrected chi connectivity index (χ4v) is 2.25. The molecular formula is C16H20F2N2O4. The fourth-order valence-electron chi connectivity index (χ4n) is 2.25. The van der Waals surface area contributed by atoms with Gasteiger partial charge in [0.05, 0.1) is 12.5 Å². The minimum Gasteiger partial charge on any atom is -0.480 e. The number of amides is 2. The zero-order valence-electron chi connectivity index (χ0n) is 13.4. The number of rotatable bonds is 8. The molecule has 6 nitrogen and oxygen atoms in total. The summed E-state index contributed by atoms with van der Waals surface area (Å²) in [5.41, 5.74) is -0.0517. The molecule has 2 amide bonds. The van der Waals surface area contributed by atoms with Gasteiger partial charge in [-0.05, 0) is 12.5 Å². The van der Waals surface area contributed by atoms with Crippen LogP contribution >= 0.6 is 0 Å². The molecule has 1 rings (SSSR count). The van der Waals surface area contributed by atoms with E-state index in [1.165, 1.54) is 6.92 Å². The second-order valence-electron chi connectivity index (χ2n) is 5.37. The Kier molecular flexibility index (Phi) is 7.29. The number of hydrogen-bond acceptors (Lipinski definition) is 3. The number of carbonyl (C=O) groups is 3. The Bertz CT molecular complexity index is 622. The van der Waals surface area contributed by atoms with Crippen molar-refractivity contribution in [2.24, 2.45) is 0 Å². The SMILES string of the molecule is CCCC(NC(=O)CC(NC(C)=O)c1ccc(F)cc1F)C(=O)O. The molecule has 0 fully saturated rings. The molecule has 8 heteroatoms. The maximum absolute atomic E-state index is 13.9. The summed E-state index contributed by atoms with van der Waals surface area (Å²) in [5, 5.41) is 13.8. The third kappa shape index (κ3) is 5.94. The van der Waals surface area contributed by atoms with Gasteiger partial charge >= 0.3 is 5.97 Å². The van der Waals surface area contributed by atoms with Crippen molar-refractivity contribution in [3.63, 3.8) is 0 Å². The van der Waals surface area contributed by atoms with Gasteiger partial charge in [-0.3, -0.25) is 9.59 Å². The topological polar surface area (TPSA) is 95.5 Å². The lowest BCUT2D eigenvalue weighted by atomic mass is 10.0. The smallest absolute Gasteiger partial charge is 0.326 e. The monoisotopic (exact) mass is 342 g/mol. The summed E-state index contributed by atoms with van der Waals surface area (Å²) < 4.78 is 26.9. The number of nitrogens with one attached hydrogen (secondary N) is 2.